The van der Waals surface area contributed by atoms with Gasteiger partial charge in [-0.2, -0.15) is 0 Å². The molecule has 0 radical (unpaired) electrons. The number of rotatable bonds is 14. The Labute approximate surface area is 232 Å². The fourth-order valence-electron chi connectivity index (χ4n) is 4.52. The van der Waals surface area contributed by atoms with Crippen LogP contribution in [0, 0.1) is 0 Å². The Morgan fingerprint density at radius 3 is 2.31 bits per heavy atom. The minimum atomic E-state index is -0.820. The van der Waals surface area contributed by atoms with Crippen molar-refractivity contribution in [3.8, 4) is 5.75 Å². The molecule has 1 atom stereocenters. The number of fused-ring (bicyclic) bond motifs is 1. The van der Waals surface area contributed by atoms with Crippen LogP contribution >= 0.6 is 0 Å². The number of methoxy groups -OCH3 is 1. The van der Waals surface area contributed by atoms with Crippen LogP contribution in [0.15, 0.2) is 48.7 Å². The van der Waals surface area contributed by atoms with Gasteiger partial charge in [-0.1, -0.05) is 51.2 Å². The number of nitrogens with zero attached hydrogens (tertiary/aromatic N) is 1. The molecule has 0 aliphatic carbocycles. The lowest BCUT2D eigenvalue weighted by molar-refractivity contribution is 0.00693. The van der Waals surface area contributed by atoms with Crippen LogP contribution in [0.3, 0.4) is 0 Å². The van der Waals surface area contributed by atoms with Gasteiger partial charge in [0.15, 0.2) is 0 Å². The summed E-state index contributed by atoms with van der Waals surface area (Å²) < 4.78 is 18.0. The molecule has 0 aliphatic heterocycles. The van der Waals surface area contributed by atoms with Gasteiger partial charge in [0.2, 0.25) is 0 Å². The molecule has 7 heteroatoms. The van der Waals surface area contributed by atoms with E-state index in [2.05, 4.69) is 19.1 Å². The Bertz CT molecular complexity index is 1220. The average molecular weight is 538 g/mol. The van der Waals surface area contributed by atoms with Gasteiger partial charge in [0, 0.05) is 17.1 Å². The number of aromatic nitrogens is 1. The molecule has 0 bridgehead atoms. The first-order valence-corrected chi connectivity index (χ1v) is 14.0. The molecule has 1 unspecified atom stereocenters. The first-order chi connectivity index (χ1) is 18.6. The highest BCUT2D eigenvalue weighted by atomic mass is 16.6. The van der Waals surface area contributed by atoms with Gasteiger partial charge in [-0.15, -0.1) is 0 Å². The number of aliphatic hydroxyl groups excluding tert-OH is 1. The van der Waals surface area contributed by atoms with Gasteiger partial charge < -0.3 is 23.9 Å². The third kappa shape index (κ3) is 9.13. The van der Waals surface area contributed by atoms with E-state index in [1.807, 2.05) is 12.1 Å². The summed E-state index contributed by atoms with van der Waals surface area (Å²) in [4.78, 5) is 25.0. The van der Waals surface area contributed by atoms with E-state index in [0.29, 0.717) is 27.8 Å². The van der Waals surface area contributed by atoms with Crippen LogP contribution in [0.2, 0.25) is 0 Å². The second-order valence-electron chi connectivity index (χ2n) is 11.0. The van der Waals surface area contributed by atoms with Crippen molar-refractivity contribution in [2.45, 2.75) is 90.9 Å². The lowest BCUT2D eigenvalue weighted by Crippen LogP contribution is -2.24. The van der Waals surface area contributed by atoms with Gasteiger partial charge in [-0.3, -0.25) is 0 Å². The lowest BCUT2D eigenvalue weighted by Gasteiger charge is -2.19. The normalized spacial score (nSPS) is 12.4. The maximum Gasteiger partial charge on any atom is 0.340 e. The molecule has 0 spiro atoms. The zero-order valence-electron chi connectivity index (χ0n) is 24.0. The number of carbonyl (C=O) groups excluding carboxylic acids is 2. The highest BCUT2D eigenvalue weighted by Crippen LogP contribution is 2.26. The van der Waals surface area contributed by atoms with Crippen molar-refractivity contribution in [3.05, 3.63) is 65.4 Å². The monoisotopic (exact) mass is 537 g/mol. The van der Waals surface area contributed by atoms with Crippen LogP contribution in [0.4, 0.5) is 0 Å². The molecule has 212 valence electrons. The predicted molar refractivity (Wildman–Crippen MR) is 153 cm³/mol. The maximum atomic E-state index is 12.6. The van der Waals surface area contributed by atoms with Crippen molar-refractivity contribution < 1.29 is 28.9 Å². The molecular formula is C32H43NO6. The van der Waals surface area contributed by atoms with Gasteiger partial charge in [0.25, 0.3) is 0 Å². The van der Waals surface area contributed by atoms with E-state index in [-0.39, 0.29) is 13.2 Å². The number of benzene rings is 2. The van der Waals surface area contributed by atoms with Crippen molar-refractivity contribution in [2.75, 3.05) is 13.7 Å². The van der Waals surface area contributed by atoms with E-state index in [9.17, 15) is 14.7 Å². The second-order valence-corrected chi connectivity index (χ2v) is 11.0. The Balaban J connectivity index is 1.61. The SMILES string of the molecule is CCCCCCCCc1ccc(OCC(O)Cn2cc(C(=O)OC)c3cc(C(=O)OC(C)(C)C)ccc32)cc1. The fourth-order valence-corrected chi connectivity index (χ4v) is 4.52. The van der Waals surface area contributed by atoms with E-state index in [1.165, 1.54) is 51.2 Å². The molecule has 0 amide bonds. The number of aryl methyl sites for hydroxylation is 1. The van der Waals surface area contributed by atoms with Crippen molar-refractivity contribution in [1.29, 1.82) is 0 Å². The number of ether oxygens (including phenoxy) is 3. The minimum absolute atomic E-state index is 0.0972. The number of hydrogen-bond acceptors (Lipinski definition) is 6. The predicted octanol–water partition coefficient (Wildman–Crippen LogP) is 6.73. The molecule has 0 saturated carbocycles. The van der Waals surface area contributed by atoms with Crippen LogP contribution in [0.1, 0.15) is 92.5 Å². The first kappa shape index (κ1) is 30.2. The first-order valence-electron chi connectivity index (χ1n) is 14.0. The van der Waals surface area contributed by atoms with Crippen molar-refractivity contribution in [3.63, 3.8) is 0 Å². The van der Waals surface area contributed by atoms with Crippen LogP contribution in [-0.4, -0.2) is 47.0 Å². The van der Waals surface area contributed by atoms with Crippen LogP contribution in [0.5, 0.6) is 5.75 Å². The number of unbranched alkanes of at least 4 members (excludes halogenated alkanes) is 5. The van der Waals surface area contributed by atoms with E-state index in [1.54, 1.807) is 49.7 Å². The molecule has 0 saturated heterocycles. The summed E-state index contributed by atoms with van der Waals surface area (Å²) in [5.74, 6) is -0.290. The van der Waals surface area contributed by atoms with Crippen LogP contribution in [0.25, 0.3) is 10.9 Å². The molecule has 0 fully saturated rings. The molecule has 1 heterocycles. The summed E-state index contributed by atoms with van der Waals surface area (Å²) in [5.41, 5.74) is 2.00. The van der Waals surface area contributed by atoms with Gasteiger partial charge in [0.1, 0.15) is 24.1 Å². The van der Waals surface area contributed by atoms with Crippen molar-refractivity contribution >= 4 is 22.8 Å². The quantitative estimate of drug-likeness (QED) is 0.181. The molecular weight excluding hydrogens is 494 g/mol. The summed E-state index contributed by atoms with van der Waals surface area (Å²) in [7, 11) is 1.31. The number of carbonyl (C=O) groups is 2. The average Bonchev–Trinajstić information content (AvgIpc) is 3.26. The van der Waals surface area contributed by atoms with Crippen molar-refractivity contribution in [1.82, 2.24) is 4.57 Å². The number of esters is 2. The standard InChI is InChI=1S/C32H43NO6/c1-6-7-8-9-10-11-12-23-13-16-26(17-14-23)38-22-25(34)20-33-21-28(31(36)37-5)27-19-24(15-18-29(27)33)30(35)39-32(2,3)4/h13-19,21,25,34H,6-12,20,22H2,1-5H3. The highest BCUT2D eigenvalue weighted by Gasteiger charge is 2.22. The molecule has 0 aliphatic rings. The third-order valence-electron chi connectivity index (χ3n) is 6.51. The summed E-state index contributed by atoms with van der Waals surface area (Å²) in [5, 5.41) is 11.3. The van der Waals surface area contributed by atoms with Crippen LogP contribution < -0.4 is 4.74 Å². The lowest BCUT2D eigenvalue weighted by atomic mass is 10.0. The van der Waals surface area contributed by atoms with Gasteiger partial charge >= 0.3 is 11.9 Å². The minimum Gasteiger partial charge on any atom is -0.491 e. The van der Waals surface area contributed by atoms with E-state index >= 15 is 0 Å². The zero-order valence-corrected chi connectivity index (χ0v) is 24.0. The number of aliphatic hydroxyl groups is 1. The summed E-state index contributed by atoms with van der Waals surface area (Å²) in [6.07, 6.45) is 9.54. The third-order valence-corrected chi connectivity index (χ3v) is 6.51. The molecule has 39 heavy (non-hydrogen) atoms. The van der Waals surface area contributed by atoms with E-state index in [4.69, 9.17) is 14.2 Å². The van der Waals surface area contributed by atoms with Gasteiger partial charge in [0.05, 0.1) is 24.8 Å². The summed E-state index contributed by atoms with van der Waals surface area (Å²) in [6, 6.07) is 13.1. The maximum absolute atomic E-state index is 12.6. The molecule has 2 aromatic carbocycles. The smallest absolute Gasteiger partial charge is 0.340 e. The zero-order chi connectivity index (χ0) is 28.4. The summed E-state index contributed by atoms with van der Waals surface area (Å²) in [6.45, 7) is 7.93. The van der Waals surface area contributed by atoms with E-state index < -0.39 is 23.6 Å². The Morgan fingerprint density at radius 1 is 0.949 bits per heavy atom. The topological polar surface area (TPSA) is 87.0 Å². The Kier molecular flexibility index (Phi) is 11.0. The summed E-state index contributed by atoms with van der Waals surface area (Å²) >= 11 is 0. The number of hydrogen-bond donors (Lipinski definition) is 1. The Morgan fingerprint density at radius 2 is 1.64 bits per heavy atom. The van der Waals surface area contributed by atoms with Gasteiger partial charge in [-0.25, -0.2) is 9.59 Å². The largest absolute Gasteiger partial charge is 0.491 e. The highest BCUT2D eigenvalue weighted by molar-refractivity contribution is 6.06. The second kappa shape index (κ2) is 14.2. The molecule has 3 rings (SSSR count). The van der Waals surface area contributed by atoms with E-state index in [0.717, 1.165) is 6.42 Å². The molecule has 1 N–H and O–H groups in total. The molecule has 3 aromatic rings. The van der Waals surface area contributed by atoms with Crippen LogP contribution in [-0.2, 0) is 22.4 Å². The van der Waals surface area contributed by atoms with Gasteiger partial charge in [-0.05, 0) is 69.5 Å². The van der Waals surface area contributed by atoms with Crippen molar-refractivity contribution in [2.24, 2.45) is 0 Å². The fraction of sp³-hybridized carbons (Fsp3) is 0.500. The molecule has 1 aromatic heterocycles. The molecule has 7 nitrogen and oxygen atoms in total. The Hall–Kier alpha value is -3.32.